The quantitative estimate of drug-likeness (QED) is 0.456. The molecule has 0 radical (unpaired) electrons. The van der Waals surface area contributed by atoms with Gasteiger partial charge in [0.05, 0.1) is 43.7 Å². The normalized spacial score (nSPS) is 24.0. The number of carbonyl (C=O) groups is 2. The zero-order valence-corrected chi connectivity index (χ0v) is 25.3. The van der Waals surface area contributed by atoms with E-state index in [1.807, 2.05) is 60.2 Å². The maximum Gasteiger partial charge on any atom is 0.254 e. The zero-order chi connectivity index (χ0) is 30.1. The number of aromatic nitrogens is 2. The molecule has 43 heavy (non-hydrogen) atoms. The Hall–Kier alpha value is -4.15. The van der Waals surface area contributed by atoms with Crippen LogP contribution in [0.4, 0.5) is 5.69 Å². The van der Waals surface area contributed by atoms with Gasteiger partial charge in [0.2, 0.25) is 5.91 Å². The fourth-order valence-electron chi connectivity index (χ4n) is 6.78. The summed E-state index contributed by atoms with van der Waals surface area (Å²) in [6, 6.07) is 16.1. The Labute approximate surface area is 252 Å². The third-order valence-corrected chi connectivity index (χ3v) is 9.30. The second-order valence-electron chi connectivity index (χ2n) is 11.8. The van der Waals surface area contributed by atoms with E-state index in [9.17, 15) is 9.59 Å². The lowest BCUT2D eigenvalue weighted by atomic mass is 9.77. The van der Waals surface area contributed by atoms with Crippen molar-refractivity contribution in [2.45, 2.75) is 31.5 Å². The number of hydrogen-bond donors (Lipinski definition) is 1. The number of nitrogens with zero attached hydrogens (tertiary/aromatic N) is 5. The number of benzene rings is 2. The van der Waals surface area contributed by atoms with E-state index in [2.05, 4.69) is 33.5 Å². The van der Waals surface area contributed by atoms with Gasteiger partial charge in [-0.05, 0) is 42.2 Å². The summed E-state index contributed by atoms with van der Waals surface area (Å²) in [7, 11) is 5.31. The van der Waals surface area contributed by atoms with E-state index < -0.39 is 11.5 Å². The van der Waals surface area contributed by atoms with Crippen molar-refractivity contribution in [2.24, 2.45) is 13.0 Å². The molecule has 226 valence electrons. The molecule has 6 rings (SSSR count). The molecule has 1 aromatic heterocycles. The van der Waals surface area contributed by atoms with Crippen LogP contribution in [0, 0.1) is 5.92 Å². The number of ether oxygens (including phenoxy) is 2. The summed E-state index contributed by atoms with van der Waals surface area (Å²) in [6.07, 6.45) is 6.01. The van der Waals surface area contributed by atoms with E-state index in [0.29, 0.717) is 36.9 Å². The maximum atomic E-state index is 14.7. The molecular weight excluding hydrogens is 544 g/mol. The van der Waals surface area contributed by atoms with Crippen LogP contribution in [-0.2, 0) is 39.8 Å². The molecule has 10 nitrogen and oxygen atoms in total. The van der Waals surface area contributed by atoms with Gasteiger partial charge in [-0.3, -0.25) is 19.2 Å². The lowest BCUT2D eigenvalue weighted by molar-refractivity contribution is -0.121. The SMILES string of the molecule is COC1=CC(C(=O)Nc2cnn(C)c2)C(C)(c2ccccc2C(=O)N2Cc3ccccc3C[C@H]2CN2CCOCC2)N1C. The number of nitrogens with one attached hydrogen (secondary N) is 1. The summed E-state index contributed by atoms with van der Waals surface area (Å²) >= 11 is 0. The highest BCUT2D eigenvalue weighted by Crippen LogP contribution is 2.46. The zero-order valence-electron chi connectivity index (χ0n) is 25.3. The van der Waals surface area contributed by atoms with Crippen LogP contribution >= 0.6 is 0 Å². The first-order valence-electron chi connectivity index (χ1n) is 14.9. The van der Waals surface area contributed by atoms with Gasteiger partial charge in [-0.2, -0.15) is 5.10 Å². The highest BCUT2D eigenvalue weighted by atomic mass is 16.5. The Balaban J connectivity index is 1.36. The van der Waals surface area contributed by atoms with Crippen LogP contribution in [0.15, 0.2) is 72.9 Å². The Bertz CT molecular complexity index is 1530. The molecule has 3 aliphatic rings. The Kier molecular flexibility index (Phi) is 7.98. The van der Waals surface area contributed by atoms with Crippen molar-refractivity contribution < 1.29 is 19.1 Å². The number of aryl methyl sites for hydroxylation is 1. The molecule has 0 saturated carbocycles. The average Bonchev–Trinajstić information content (AvgIpc) is 3.56. The van der Waals surface area contributed by atoms with Crippen molar-refractivity contribution in [3.8, 4) is 0 Å². The van der Waals surface area contributed by atoms with Crippen molar-refractivity contribution in [3.05, 3.63) is 95.1 Å². The van der Waals surface area contributed by atoms with E-state index in [1.165, 1.54) is 11.1 Å². The molecule has 2 aromatic carbocycles. The lowest BCUT2D eigenvalue weighted by Gasteiger charge is -2.43. The molecule has 1 saturated heterocycles. The lowest BCUT2D eigenvalue weighted by Crippen LogP contribution is -2.53. The topological polar surface area (TPSA) is 92.2 Å². The summed E-state index contributed by atoms with van der Waals surface area (Å²) < 4.78 is 12.9. The number of hydrogen-bond acceptors (Lipinski definition) is 7. The van der Waals surface area contributed by atoms with Crippen LogP contribution in [0.25, 0.3) is 0 Å². The third kappa shape index (κ3) is 5.41. The number of fused-ring (bicyclic) bond motifs is 1. The average molecular weight is 585 g/mol. The number of carbonyl (C=O) groups excluding carboxylic acids is 2. The highest BCUT2D eigenvalue weighted by Gasteiger charge is 2.51. The van der Waals surface area contributed by atoms with Crippen LogP contribution in [-0.4, -0.2) is 89.3 Å². The summed E-state index contributed by atoms with van der Waals surface area (Å²) in [5, 5.41) is 7.19. The molecule has 10 heteroatoms. The third-order valence-electron chi connectivity index (χ3n) is 9.30. The Morgan fingerprint density at radius 3 is 2.51 bits per heavy atom. The monoisotopic (exact) mass is 584 g/mol. The Morgan fingerprint density at radius 1 is 1.07 bits per heavy atom. The molecule has 0 bridgehead atoms. The molecule has 0 spiro atoms. The largest absolute Gasteiger partial charge is 0.483 e. The van der Waals surface area contributed by atoms with Gasteiger partial charge in [-0.1, -0.05) is 42.5 Å². The van der Waals surface area contributed by atoms with Crippen molar-refractivity contribution in [2.75, 3.05) is 52.3 Å². The van der Waals surface area contributed by atoms with Gasteiger partial charge in [0, 0.05) is 58.1 Å². The number of amides is 2. The fourth-order valence-corrected chi connectivity index (χ4v) is 6.78. The van der Waals surface area contributed by atoms with E-state index in [0.717, 1.165) is 31.6 Å². The van der Waals surface area contributed by atoms with Gasteiger partial charge in [0.15, 0.2) is 5.88 Å². The summed E-state index contributed by atoms with van der Waals surface area (Å²) in [5.41, 5.74) is 3.56. The van der Waals surface area contributed by atoms with Crippen molar-refractivity contribution in [1.82, 2.24) is 24.5 Å². The Morgan fingerprint density at radius 2 is 1.79 bits per heavy atom. The van der Waals surface area contributed by atoms with E-state index >= 15 is 0 Å². The first-order valence-corrected chi connectivity index (χ1v) is 14.9. The molecule has 2 amide bonds. The molecule has 3 aliphatic heterocycles. The van der Waals surface area contributed by atoms with Crippen LogP contribution in [0.3, 0.4) is 0 Å². The molecule has 1 N–H and O–H groups in total. The summed E-state index contributed by atoms with van der Waals surface area (Å²) in [6.45, 7) is 6.47. The summed E-state index contributed by atoms with van der Waals surface area (Å²) in [4.78, 5) is 34.9. The van der Waals surface area contributed by atoms with Gasteiger partial charge >= 0.3 is 0 Å². The molecule has 2 unspecified atom stereocenters. The second kappa shape index (κ2) is 11.9. The second-order valence-corrected chi connectivity index (χ2v) is 11.8. The molecule has 0 aliphatic carbocycles. The minimum atomic E-state index is -0.892. The van der Waals surface area contributed by atoms with Gasteiger partial charge < -0.3 is 24.6 Å². The summed E-state index contributed by atoms with van der Waals surface area (Å²) in [5.74, 6) is -0.287. The minimum absolute atomic E-state index is 0.0139. The van der Waals surface area contributed by atoms with Crippen molar-refractivity contribution >= 4 is 17.5 Å². The smallest absolute Gasteiger partial charge is 0.254 e. The van der Waals surface area contributed by atoms with Crippen molar-refractivity contribution in [1.29, 1.82) is 0 Å². The predicted molar refractivity (Wildman–Crippen MR) is 163 cm³/mol. The van der Waals surface area contributed by atoms with Crippen LogP contribution in [0.5, 0.6) is 0 Å². The number of anilines is 1. The standard InChI is InChI=1S/C33H40N6O4/c1-33(29(18-30(42-4)37(33)3)31(40)35-25-19-34-36(2)21-25)28-12-8-7-11-27(28)32(41)39-20-24-10-6-5-9-23(24)17-26(39)22-38-13-15-43-16-14-38/h5-12,18-19,21,26,29H,13-17,20,22H2,1-4H3,(H,35,40)/t26-,29?,33?/m0/s1. The molecule has 1 fully saturated rings. The first-order chi connectivity index (χ1) is 20.8. The van der Waals surface area contributed by atoms with Crippen molar-refractivity contribution in [3.63, 3.8) is 0 Å². The predicted octanol–water partition coefficient (Wildman–Crippen LogP) is 3.22. The molecular formula is C33H40N6O4. The molecule has 4 heterocycles. The first kappa shape index (κ1) is 28.9. The maximum absolute atomic E-state index is 14.7. The van der Waals surface area contributed by atoms with E-state index in [4.69, 9.17) is 9.47 Å². The number of morpholine rings is 1. The van der Waals surface area contributed by atoms with Gasteiger partial charge in [0.25, 0.3) is 5.91 Å². The highest BCUT2D eigenvalue weighted by molar-refractivity contribution is 5.98. The van der Waals surface area contributed by atoms with Gasteiger partial charge in [-0.25, -0.2) is 0 Å². The van der Waals surface area contributed by atoms with Gasteiger partial charge in [-0.15, -0.1) is 0 Å². The minimum Gasteiger partial charge on any atom is -0.483 e. The number of rotatable bonds is 7. The number of methoxy groups -OCH3 is 1. The van der Waals surface area contributed by atoms with Crippen LogP contribution < -0.4 is 5.32 Å². The molecule has 3 aromatic rings. The van der Waals surface area contributed by atoms with Gasteiger partial charge in [0.1, 0.15) is 0 Å². The van der Waals surface area contributed by atoms with E-state index in [-0.39, 0.29) is 17.9 Å². The fraction of sp³-hybridized carbons (Fsp3) is 0.424. The van der Waals surface area contributed by atoms with E-state index in [1.54, 1.807) is 31.2 Å². The van der Waals surface area contributed by atoms with Crippen LogP contribution in [0.1, 0.15) is 34.0 Å². The van der Waals surface area contributed by atoms with Crippen LogP contribution in [0.2, 0.25) is 0 Å². The molecule has 3 atom stereocenters.